The first-order valence-corrected chi connectivity index (χ1v) is 10.4. The minimum absolute atomic E-state index is 0.194. The van der Waals surface area contributed by atoms with Gasteiger partial charge in [-0.2, -0.15) is 0 Å². The molecule has 5 rings (SSSR count). The second-order valence-electron chi connectivity index (χ2n) is 7.92. The van der Waals surface area contributed by atoms with Crippen molar-refractivity contribution < 1.29 is 14.7 Å². The molecule has 0 bridgehead atoms. The zero-order valence-electron chi connectivity index (χ0n) is 16.2. The Balaban J connectivity index is 1.61. The summed E-state index contributed by atoms with van der Waals surface area (Å²) < 4.78 is 0. The Bertz CT molecular complexity index is 1160. The van der Waals surface area contributed by atoms with Gasteiger partial charge in [0.25, 0.3) is 5.91 Å². The second kappa shape index (κ2) is 7.08. The minimum atomic E-state index is -1.93. The van der Waals surface area contributed by atoms with Crippen LogP contribution in [0, 0.1) is 5.92 Å². The van der Waals surface area contributed by atoms with Crippen LogP contribution < -0.4 is 4.90 Å². The number of ketones is 1. The molecule has 0 spiro atoms. The molecule has 3 aromatic rings. The lowest BCUT2D eigenvalue weighted by molar-refractivity contribution is -0.140. The standard InChI is InChI=1S/C25H20ClNO3/c26-18-11-13-22-21(14-18)25(30,24(29)27(22)15-16-6-2-1-3-7-16)20-12-10-17-8-4-5-9-19(17)23(20)28/h1-9,11,13-14,20,30H,10,12,15H2/t20-,25-/m1/s1. The fourth-order valence-electron chi connectivity index (χ4n) is 4.73. The van der Waals surface area contributed by atoms with E-state index in [1.165, 1.54) is 0 Å². The van der Waals surface area contributed by atoms with Crippen molar-refractivity contribution in [2.75, 3.05) is 4.90 Å². The van der Waals surface area contributed by atoms with E-state index in [9.17, 15) is 14.7 Å². The van der Waals surface area contributed by atoms with E-state index in [1.807, 2.05) is 48.5 Å². The predicted octanol–water partition coefficient (Wildman–Crippen LogP) is 4.52. The maximum Gasteiger partial charge on any atom is 0.264 e. The molecule has 150 valence electrons. The number of hydrogen-bond acceptors (Lipinski definition) is 3. The molecule has 0 radical (unpaired) electrons. The highest BCUT2D eigenvalue weighted by atomic mass is 35.5. The SMILES string of the molecule is O=C1c2ccccc2CC[C@H]1[C@]1(O)C(=O)N(Cc2ccccc2)c2ccc(Cl)cc21. The molecule has 30 heavy (non-hydrogen) atoms. The molecule has 1 heterocycles. The minimum Gasteiger partial charge on any atom is -0.375 e. The number of anilines is 1. The maximum absolute atomic E-state index is 13.6. The van der Waals surface area contributed by atoms with Crippen molar-refractivity contribution >= 4 is 29.0 Å². The zero-order valence-corrected chi connectivity index (χ0v) is 17.0. The predicted molar refractivity (Wildman–Crippen MR) is 116 cm³/mol. The number of halogens is 1. The third-order valence-electron chi connectivity index (χ3n) is 6.22. The van der Waals surface area contributed by atoms with Crippen molar-refractivity contribution in [3.8, 4) is 0 Å². The fourth-order valence-corrected chi connectivity index (χ4v) is 4.91. The average Bonchev–Trinajstić information content (AvgIpc) is 2.97. The van der Waals surface area contributed by atoms with Crippen molar-refractivity contribution in [2.24, 2.45) is 5.92 Å². The quantitative estimate of drug-likeness (QED) is 0.681. The Morgan fingerprint density at radius 2 is 1.73 bits per heavy atom. The molecular formula is C25H20ClNO3. The Kier molecular flexibility index (Phi) is 4.49. The van der Waals surface area contributed by atoms with Gasteiger partial charge in [0.15, 0.2) is 11.4 Å². The highest BCUT2D eigenvalue weighted by Crippen LogP contribution is 2.49. The first-order chi connectivity index (χ1) is 14.5. The van der Waals surface area contributed by atoms with Crippen LogP contribution in [0.5, 0.6) is 0 Å². The van der Waals surface area contributed by atoms with Gasteiger partial charge in [-0.05, 0) is 42.2 Å². The highest BCUT2D eigenvalue weighted by molar-refractivity contribution is 6.31. The van der Waals surface area contributed by atoms with Crippen LogP contribution in [-0.4, -0.2) is 16.8 Å². The molecule has 4 nitrogen and oxygen atoms in total. The number of carbonyl (C=O) groups is 2. The molecule has 1 amide bonds. The molecule has 0 aromatic heterocycles. The van der Waals surface area contributed by atoms with Crippen molar-refractivity contribution in [3.05, 3.63) is 100 Å². The molecule has 0 unspecified atom stereocenters. The van der Waals surface area contributed by atoms with Crippen molar-refractivity contribution in [2.45, 2.75) is 25.0 Å². The molecule has 2 atom stereocenters. The van der Waals surface area contributed by atoms with E-state index in [4.69, 9.17) is 11.6 Å². The molecule has 1 aliphatic carbocycles. The second-order valence-corrected chi connectivity index (χ2v) is 8.35. The molecule has 5 heteroatoms. The topological polar surface area (TPSA) is 57.6 Å². The van der Waals surface area contributed by atoms with E-state index in [1.54, 1.807) is 29.2 Å². The molecule has 2 aliphatic rings. The van der Waals surface area contributed by atoms with Crippen LogP contribution >= 0.6 is 11.6 Å². The van der Waals surface area contributed by atoms with Gasteiger partial charge < -0.3 is 10.0 Å². The number of fused-ring (bicyclic) bond motifs is 2. The molecule has 3 aromatic carbocycles. The van der Waals surface area contributed by atoms with Crippen LogP contribution in [0.15, 0.2) is 72.8 Å². The van der Waals surface area contributed by atoms with Crippen LogP contribution in [-0.2, 0) is 23.4 Å². The molecule has 0 saturated heterocycles. The number of hydrogen-bond donors (Lipinski definition) is 1. The summed E-state index contributed by atoms with van der Waals surface area (Å²) in [5.74, 6) is -1.51. The number of carbonyl (C=O) groups excluding carboxylic acids is 2. The molecule has 1 N–H and O–H groups in total. The van der Waals surface area contributed by atoms with Crippen molar-refractivity contribution in [1.29, 1.82) is 0 Å². The van der Waals surface area contributed by atoms with Crippen LogP contribution in [0.25, 0.3) is 0 Å². The Morgan fingerprint density at radius 3 is 2.53 bits per heavy atom. The van der Waals surface area contributed by atoms with Gasteiger partial charge in [0.2, 0.25) is 0 Å². The van der Waals surface area contributed by atoms with Gasteiger partial charge in [0, 0.05) is 16.1 Å². The first-order valence-electron chi connectivity index (χ1n) is 10.0. The largest absolute Gasteiger partial charge is 0.375 e. The number of aliphatic hydroxyl groups is 1. The summed E-state index contributed by atoms with van der Waals surface area (Å²) in [6.45, 7) is 0.314. The molecular weight excluding hydrogens is 398 g/mol. The third-order valence-corrected chi connectivity index (χ3v) is 6.46. The highest BCUT2D eigenvalue weighted by Gasteiger charge is 2.57. The van der Waals surface area contributed by atoms with E-state index in [2.05, 4.69) is 0 Å². The molecule has 1 aliphatic heterocycles. The van der Waals surface area contributed by atoms with E-state index in [-0.39, 0.29) is 5.78 Å². The number of amides is 1. The third kappa shape index (κ3) is 2.79. The lowest BCUT2D eigenvalue weighted by atomic mass is 9.71. The zero-order chi connectivity index (χ0) is 20.9. The average molecular weight is 418 g/mol. The summed E-state index contributed by atoms with van der Waals surface area (Å²) in [6.07, 6.45) is 1.04. The van der Waals surface area contributed by atoms with Gasteiger partial charge in [-0.15, -0.1) is 0 Å². The maximum atomic E-state index is 13.6. The summed E-state index contributed by atoms with van der Waals surface area (Å²) in [5, 5.41) is 12.3. The lowest BCUT2D eigenvalue weighted by Gasteiger charge is -2.34. The number of benzene rings is 3. The molecule has 0 saturated carbocycles. The number of Topliss-reactive ketones (excluding diaryl/α,β-unsaturated/α-hetero) is 1. The van der Waals surface area contributed by atoms with Crippen LogP contribution in [0.3, 0.4) is 0 Å². The Morgan fingerprint density at radius 1 is 1.00 bits per heavy atom. The van der Waals surface area contributed by atoms with Gasteiger partial charge in [-0.25, -0.2) is 0 Å². The van der Waals surface area contributed by atoms with Crippen molar-refractivity contribution in [1.82, 2.24) is 0 Å². The van der Waals surface area contributed by atoms with Gasteiger partial charge in [-0.1, -0.05) is 66.2 Å². The Hall–Kier alpha value is -2.95. The smallest absolute Gasteiger partial charge is 0.264 e. The summed E-state index contributed by atoms with van der Waals surface area (Å²) in [6, 6.07) is 22.1. The Labute approximate surface area is 179 Å². The van der Waals surface area contributed by atoms with E-state index < -0.39 is 17.4 Å². The number of nitrogens with zero attached hydrogens (tertiary/aromatic N) is 1. The normalized spacial score (nSPS) is 22.7. The monoisotopic (exact) mass is 417 g/mol. The van der Waals surface area contributed by atoms with Gasteiger partial charge in [-0.3, -0.25) is 9.59 Å². The van der Waals surface area contributed by atoms with E-state index in [0.29, 0.717) is 41.2 Å². The van der Waals surface area contributed by atoms with Crippen LogP contribution in [0.2, 0.25) is 5.02 Å². The number of rotatable bonds is 3. The van der Waals surface area contributed by atoms with Gasteiger partial charge in [0.05, 0.1) is 18.2 Å². The summed E-state index contributed by atoms with van der Waals surface area (Å²) in [7, 11) is 0. The summed E-state index contributed by atoms with van der Waals surface area (Å²) >= 11 is 6.24. The first kappa shape index (κ1) is 19.0. The lowest BCUT2D eigenvalue weighted by Crippen LogP contribution is -2.49. The summed E-state index contributed by atoms with van der Waals surface area (Å²) in [5.41, 5.74) is 1.56. The number of aryl methyl sites for hydroxylation is 1. The van der Waals surface area contributed by atoms with Gasteiger partial charge >= 0.3 is 0 Å². The van der Waals surface area contributed by atoms with Gasteiger partial charge in [0.1, 0.15) is 0 Å². The van der Waals surface area contributed by atoms with Crippen molar-refractivity contribution in [3.63, 3.8) is 0 Å². The van der Waals surface area contributed by atoms with Crippen LogP contribution in [0.4, 0.5) is 5.69 Å². The van der Waals surface area contributed by atoms with E-state index in [0.717, 1.165) is 11.1 Å². The van der Waals surface area contributed by atoms with E-state index >= 15 is 0 Å². The van der Waals surface area contributed by atoms with Crippen LogP contribution in [0.1, 0.15) is 33.5 Å². The molecule has 0 fully saturated rings. The fraction of sp³-hybridized carbons (Fsp3) is 0.200. The summed E-state index contributed by atoms with van der Waals surface area (Å²) in [4.78, 5) is 28.6.